The number of pyridine rings is 1. The van der Waals surface area contributed by atoms with Crippen LogP contribution in [0.3, 0.4) is 0 Å². The lowest BCUT2D eigenvalue weighted by Gasteiger charge is -2.41. The summed E-state index contributed by atoms with van der Waals surface area (Å²) in [6.07, 6.45) is 2.67. The van der Waals surface area contributed by atoms with Crippen LogP contribution in [0.1, 0.15) is 48.9 Å². The average molecular weight is 462 g/mol. The molecule has 0 spiro atoms. The standard InChI is InChI=1S/C27H35N5O2/c1-18-17-31(12-13-32(18)24(33)11-14-34-5)27-23(16-28)19(2)25(26(29-27)20-9-10-20)21-7-6-8-22(15-21)30(3)4/h6-8,15,18,20H,9-14,17H2,1-5H3/t18-/m1/s1. The number of nitrogens with zero attached hydrogens (tertiary/aromatic N) is 5. The van der Waals surface area contributed by atoms with Crippen molar-refractivity contribution in [3.8, 4) is 17.2 Å². The molecule has 1 aromatic carbocycles. The van der Waals surface area contributed by atoms with Gasteiger partial charge in [0.1, 0.15) is 11.9 Å². The lowest BCUT2D eigenvalue weighted by molar-refractivity contribution is -0.134. The summed E-state index contributed by atoms with van der Waals surface area (Å²) in [7, 11) is 5.69. The van der Waals surface area contributed by atoms with Gasteiger partial charge in [0, 0.05) is 64.0 Å². The van der Waals surface area contributed by atoms with Crippen LogP contribution in [0, 0.1) is 18.3 Å². The number of carbonyl (C=O) groups is 1. The van der Waals surface area contributed by atoms with Crippen LogP contribution in [0.4, 0.5) is 11.5 Å². The molecule has 1 atom stereocenters. The van der Waals surface area contributed by atoms with Crippen molar-refractivity contribution >= 4 is 17.4 Å². The van der Waals surface area contributed by atoms with Crippen LogP contribution in [0.2, 0.25) is 0 Å². The number of hydrogen-bond acceptors (Lipinski definition) is 6. The Morgan fingerprint density at radius 1 is 1.29 bits per heavy atom. The summed E-state index contributed by atoms with van der Waals surface area (Å²) in [6.45, 7) is 6.52. The highest BCUT2D eigenvalue weighted by Crippen LogP contribution is 2.47. The van der Waals surface area contributed by atoms with Gasteiger partial charge >= 0.3 is 0 Å². The number of nitriles is 1. The number of aromatic nitrogens is 1. The molecule has 180 valence electrons. The van der Waals surface area contributed by atoms with Crippen molar-refractivity contribution in [1.29, 1.82) is 5.26 Å². The van der Waals surface area contributed by atoms with Crippen molar-refractivity contribution in [2.45, 2.75) is 45.1 Å². The topological polar surface area (TPSA) is 72.7 Å². The molecule has 1 saturated heterocycles. The normalized spacial score (nSPS) is 18.1. The molecule has 1 saturated carbocycles. The molecule has 7 heteroatoms. The molecular formula is C27H35N5O2. The van der Waals surface area contributed by atoms with E-state index in [1.165, 1.54) is 0 Å². The summed E-state index contributed by atoms with van der Waals surface area (Å²) in [6, 6.07) is 11.0. The van der Waals surface area contributed by atoms with Crippen LogP contribution in [0.5, 0.6) is 0 Å². The summed E-state index contributed by atoms with van der Waals surface area (Å²) in [5.41, 5.74) is 6.09. The average Bonchev–Trinajstić information content (AvgIpc) is 3.67. The van der Waals surface area contributed by atoms with Crippen LogP contribution in [-0.4, -0.2) is 69.3 Å². The molecule has 2 aromatic rings. The third-order valence-electron chi connectivity index (χ3n) is 6.95. The van der Waals surface area contributed by atoms with Crippen LogP contribution in [0.15, 0.2) is 24.3 Å². The second-order valence-electron chi connectivity index (χ2n) is 9.65. The van der Waals surface area contributed by atoms with Gasteiger partial charge in [0.15, 0.2) is 0 Å². The number of methoxy groups -OCH3 is 1. The number of piperazine rings is 1. The number of benzene rings is 1. The molecular weight excluding hydrogens is 426 g/mol. The molecule has 1 aliphatic carbocycles. The number of hydrogen-bond donors (Lipinski definition) is 0. The summed E-state index contributed by atoms with van der Waals surface area (Å²) in [4.78, 5) is 24.0. The fourth-order valence-electron chi connectivity index (χ4n) is 4.88. The maximum absolute atomic E-state index is 12.6. The molecule has 34 heavy (non-hydrogen) atoms. The van der Waals surface area contributed by atoms with Gasteiger partial charge < -0.3 is 19.4 Å². The van der Waals surface area contributed by atoms with Gasteiger partial charge in [-0.25, -0.2) is 4.98 Å². The Labute approximate surface area is 202 Å². The number of anilines is 2. The van der Waals surface area contributed by atoms with Gasteiger partial charge in [-0.15, -0.1) is 0 Å². The van der Waals surface area contributed by atoms with Gasteiger partial charge in [-0.05, 0) is 49.9 Å². The Kier molecular flexibility index (Phi) is 7.08. The monoisotopic (exact) mass is 461 g/mol. The third-order valence-corrected chi connectivity index (χ3v) is 6.95. The molecule has 1 aromatic heterocycles. The largest absolute Gasteiger partial charge is 0.384 e. The predicted molar refractivity (Wildman–Crippen MR) is 135 cm³/mol. The van der Waals surface area contributed by atoms with Crippen molar-refractivity contribution in [1.82, 2.24) is 9.88 Å². The van der Waals surface area contributed by atoms with E-state index in [1.54, 1.807) is 7.11 Å². The maximum Gasteiger partial charge on any atom is 0.225 e. The molecule has 0 N–H and O–H groups in total. The number of rotatable bonds is 7. The van der Waals surface area contributed by atoms with Crippen molar-refractivity contribution in [3.05, 3.63) is 41.1 Å². The van der Waals surface area contributed by atoms with Gasteiger partial charge in [0.2, 0.25) is 5.91 Å². The first-order valence-corrected chi connectivity index (χ1v) is 12.1. The molecule has 1 amide bonds. The highest BCUT2D eigenvalue weighted by atomic mass is 16.5. The van der Waals surface area contributed by atoms with E-state index in [0.717, 1.165) is 46.7 Å². The van der Waals surface area contributed by atoms with Crippen LogP contribution in [-0.2, 0) is 9.53 Å². The minimum Gasteiger partial charge on any atom is -0.384 e. The Morgan fingerprint density at radius 3 is 2.68 bits per heavy atom. The Bertz CT molecular complexity index is 1100. The van der Waals surface area contributed by atoms with Crippen LogP contribution < -0.4 is 9.80 Å². The zero-order chi connectivity index (χ0) is 24.4. The molecule has 1 aliphatic heterocycles. The van der Waals surface area contributed by atoms with Crippen LogP contribution in [0.25, 0.3) is 11.1 Å². The summed E-state index contributed by atoms with van der Waals surface area (Å²) < 4.78 is 5.08. The smallest absolute Gasteiger partial charge is 0.225 e. The Hall–Kier alpha value is -3.11. The minimum absolute atomic E-state index is 0.0487. The Balaban J connectivity index is 1.70. The highest BCUT2D eigenvalue weighted by Gasteiger charge is 2.34. The van der Waals surface area contributed by atoms with E-state index in [0.29, 0.717) is 44.1 Å². The van der Waals surface area contributed by atoms with E-state index in [2.05, 4.69) is 54.0 Å². The molecule has 4 rings (SSSR count). The van der Waals surface area contributed by atoms with Crippen molar-refractivity contribution < 1.29 is 9.53 Å². The quantitative estimate of drug-likeness (QED) is 0.622. The first kappa shape index (κ1) is 24.0. The molecule has 2 fully saturated rings. The molecule has 0 bridgehead atoms. The third kappa shape index (κ3) is 4.74. The van der Waals surface area contributed by atoms with E-state index in [-0.39, 0.29) is 11.9 Å². The van der Waals surface area contributed by atoms with Gasteiger partial charge in [-0.1, -0.05) is 12.1 Å². The summed E-state index contributed by atoms with van der Waals surface area (Å²) >= 11 is 0. The molecule has 2 aliphatic rings. The lowest BCUT2D eigenvalue weighted by Crippen LogP contribution is -2.54. The SMILES string of the molecule is COCCC(=O)N1CCN(c2nc(C3CC3)c(-c3cccc(N(C)C)c3)c(C)c2C#N)C[C@H]1C. The van der Waals surface area contributed by atoms with Gasteiger partial charge in [0.05, 0.1) is 24.3 Å². The van der Waals surface area contributed by atoms with E-state index < -0.39 is 0 Å². The van der Waals surface area contributed by atoms with E-state index in [9.17, 15) is 10.1 Å². The van der Waals surface area contributed by atoms with Gasteiger partial charge in [-0.3, -0.25) is 4.79 Å². The Morgan fingerprint density at radius 2 is 2.06 bits per heavy atom. The molecule has 7 nitrogen and oxygen atoms in total. The first-order chi connectivity index (χ1) is 16.3. The zero-order valence-electron chi connectivity index (χ0n) is 21.0. The fourth-order valence-corrected chi connectivity index (χ4v) is 4.88. The molecule has 0 unspecified atom stereocenters. The van der Waals surface area contributed by atoms with E-state index in [4.69, 9.17) is 9.72 Å². The molecule has 0 radical (unpaired) electrons. The zero-order valence-corrected chi connectivity index (χ0v) is 21.0. The van der Waals surface area contributed by atoms with E-state index in [1.807, 2.05) is 19.0 Å². The fraction of sp³-hybridized carbons (Fsp3) is 0.519. The number of carbonyl (C=O) groups excluding carboxylic acids is 1. The minimum atomic E-state index is 0.0487. The van der Waals surface area contributed by atoms with Crippen LogP contribution >= 0.6 is 0 Å². The van der Waals surface area contributed by atoms with E-state index >= 15 is 0 Å². The predicted octanol–water partition coefficient (Wildman–Crippen LogP) is 3.95. The second-order valence-corrected chi connectivity index (χ2v) is 9.65. The first-order valence-electron chi connectivity index (χ1n) is 12.1. The van der Waals surface area contributed by atoms with Gasteiger partial charge in [-0.2, -0.15) is 5.26 Å². The summed E-state index contributed by atoms with van der Waals surface area (Å²) in [5.74, 6) is 1.33. The number of ether oxygens (including phenoxy) is 1. The van der Waals surface area contributed by atoms with Crippen molar-refractivity contribution in [2.75, 3.05) is 57.2 Å². The number of amides is 1. The van der Waals surface area contributed by atoms with Crippen molar-refractivity contribution in [2.24, 2.45) is 0 Å². The molecule has 2 heterocycles. The highest BCUT2D eigenvalue weighted by molar-refractivity contribution is 5.79. The summed E-state index contributed by atoms with van der Waals surface area (Å²) in [5, 5.41) is 10.2. The second kappa shape index (κ2) is 10.0. The van der Waals surface area contributed by atoms with Gasteiger partial charge in [0.25, 0.3) is 0 Å². The lowest BCUT2D eigenvalue weighted by atomic mass is 9.93. The van der Waals surface area contributed by atoms with Crippen molar-refractivity contribution in [3.63, 3.8) is 0 Å². The maximum atomic E-state index is 12.6.